The van der Waals surface area contributed by atoms with Gasteiger partial charge in [0.25, 0.3) is 0 Å². The highest BCUT2D eigenvalue weighted by Gasteiger charge is 2.30. The van der Waals surface area contributed by atoms with Crippen molar-refractivity contribution in [2.75, 3.05) is 6.54 Å². The fourth-order valence-electron chi connectivity index (χ4n) is 1.45. The van der Waals surface area contributed by atoms with Crippen molar-refractivity contribution in [3.05, 3.63) is 11.6 Å². The Kier molecular flexibility index (Phi) is 3.99. The minimum absolute atomic E-state index is 0.000534. The summed E-state index contributed by atoms with van der Waals surface area (Å²) in [4.78, 5) is 21.9. The third-order valence-electron chi connectivity index (χ3n) is 2.33. The zero-order valence-corrected chi connectivity index (χ0v) is 8.59. The maximum absolute atomic E-state index is 11.5. The lowest BCUT2D eigenvalue weighted by atomic mass is 9.90. The average Bonchev–Trinajstić information content (AvgIpc) is 2.21. The van der Waals surface area contributed by atoms with Crippen LogP contribution in [0.1, 0.15) is 6.42 Å². The van der Waals surface area contributed by atoms with Gasteiger partial charge in [0.05, 0.1) is 24.8 Å². The molecule has 7 heteroatoms. The van der Waals surface area contributed by atoms with Crippen molar-refractivity contribution in [2.24, 2.45) is 11.5 Å². The second-order valence-corrected chi connectivity index (χ2v) is 3.68. The summed E-state index contributed by atoms with van der Waals surface area (Å²) in [6.07, 6.45) is -0.783. The van der Waals surface area contributed by atoms with Gasteiger partial charge in [-0.15, -0.1) is 0 Å². The van der Waals surface area contributed by atoms with E-state index in [2.05, 4.69) is 5.32 Å². The topological polar surface area (TPSA) is 139 Å². The van der Waals surface area contributed by atoms with Crippen LogP contribution in [-0.2, 0) is 9.59 Å². The van der Waals surface area contributed by atoms with Crippen molar-refractivity contribution in [3.63, 3.8) is 0 Å². The van der Waals surface area contributed by atoms with Crippen molar-refractivity contribution in [2.45, 2.75) is 24.7 Å². The molecule has 1 aliphatic rings. The number of hydrogen-bond donors (Lipinski definition) is 5. The van der Waals surface area contributed by atoms with Crippen LogP contribution < -0.4 is 16.8 Å². The molecule has 0 aromatic carbocycles. The third kappa shape index (κ3) is 3.02. The van der Waals surface area contributed by atoms with Crippen molar-refractivity contribution in [1.82, 2.24) is 5.32 Å². The molecule has 7 N–H and O–H groups in total. The van der Waals surface area contributed by atoms with Crippen LogP contribution in [0.25, 0.3) is 0 Å². The van der Waals surface area contributed by atoms with Gasteiger partial charge in [-0.3, -0.25) is 9.59 Å². The molecule has 1 aliphatic carbocycles. The normalized spacial score (nSPS) is 29.4. The Morgan fingerprint density at radius 2 is 2.12 bits per heavy atom. The van der Waals surface area contributed by atoms with Crippen molar-refractivity contribution >= 4 is 11.8 Å². The summed E-state index contributed by atoms with van der Waals surface area (Å²) in [5.41, 5.74) is 10.6. The van der Waals surface area contributed by atoms with E-state index in [4.69, 9.17) is 11.5 Å². The van der Waals surface area contributed by atoms with Crippen LogP contribution in [0.3, 0.4) is 0 Å². The molecule has 7 nitrogen and oxygen atoms in total. The van der Waals surface area contributed by atoms with Crippen molar-refractivity contribution in [3.8, 4) is 0 Å². The molecule has 0 unspecified atom stereocenters. The van der Waals surface area contributed by atoms with Gasteiger partial charge in [-0.1, -0.05) is 6.08 Å². The Morgan fingerprint density at radius 3 is 2.62 bits per heavy atom. The first-order valence-electron chi connectivity index (χ1n) is 4.80. The fraction of sp³-hybridized carbons (Fsp3) is 0.556. The van der Waals surface area contributed by atoms with Crippen LogP contribution in [0.15, 0.2) is 11.6 Å². The molecule has 16 heavy (non-hydrogen) atoms. The predicted octanol–water partition coefficient (Wildman–Crippen LogP) is -3.03. The molecule has 0 heterocycles. The quantitative estimate of drug-likeness (QED) is 0.350. The van der Waals surface area contributed by atoms with E-state index in [0.29, 0.717) is 0 Å². The lowest BCUT2D eigenvalue weighted by molar-refractivity contribution is -0.123. The first kappa shape index (κ1) is 12.6. The molecular weight excluding hydrogens is 214 g/mol. The molecule has 2 amide bonds. The highest BCUT2D eigenvalue weighted by Crippen LogP contribution is 2.18. The number of carbonyl (C=O) groups is 2. The maximum Gasteiger partial charge on any atom is 0.247 e. The SMILES string of the molecule is NC(=O)CNC(=O)C1=C[C@@H](N)[C@@H](O)[C@H](O)C1. The van der Waals surface area contributed by atoms with Gasteiger partial charge in [0.2, 0.25) is 11.8 Å². The lowest BCUT2D eigenvalue weighted by Crippen LogP contribution is -2.47. The van der Waals surface area contributed by atoms with E-state index in [1.807, 2.05) is 0 Å². The van der Waals surface area contributed by atoms with Crippen LogP contribution in [-0.4, -0.2) is 46.8 Å². The van der Waals surface area contributed by atoms with Gasteiger partial charge in [0.1, 0.15) is 0 Å². The molecule has 0 aromatic heterocycles. The van der Waals surface area contributed by atoms with Gasteiger partial charge in [-0.25, -0.2) is 0 Å². The van der Waals surface area contributed by atoms with E-state index in [1.165, 1.54) is 6.08 Å². The summed E-state index contributed by atoms with van der Waals surface area (Å²) >= 11 is 0. The van der Waals surface area contributed by atoms with E-state index in [1.54, 1.807) is 0 Å². The number of primary amides is 1. The van der Waals surface area contributed by atoms with Crippen LogP contribution in [0.4, 0.5) is 0 Å². The van der Waals surface area contributed by atoms with Gasteiger partial charge in [-0.2, -0.15) is 0 Å². The number of hydrogen-bond acceptors (Lipinski definition) is 5. The summed E-state index contributed by atoms with van der Waals surface area (Å²) in [6, 6.07) is -0.793. The standard InChI is InChI=1S/C9H15N3O4/c10-5-1-4(2-6(13)8(5)15)9(16)12-3-7(11)14/h1,5-6,8,13,15H,2-3,10H2,(H2,11,14)(H,12,16)/t5-,6-,8-/m1/s1. The largest absolute Gasteiger partial charge is 0.390 e. The molecular formula is C9H15N3O4. The van der Waals surface area contributed by atoms with Crippen molar-refractivity contribution in [1.29, 1.82) is 0 Å². The van der Waals surface area contributed by atoms with E-state index in [-0.39, 0.29) is 18.5 Å². The molecule has 0 fully saturated rings. The Bertz CT molecular complexity index is 329. The monoisotopic (exact) mass is 229 g/mol. The van der Waals surface area contributed by atoms with E-state index in [9.17, 15) is 19.8 Å². The Balaban J connectivity index is 2.63. The third-order valence-corrected chi connectivity index (χ3v) is 2.33. The van der Waals surface area contributed by atoms with Gasteiger partial charge in [-0.05, 0) is 0 Å². The number of carbonyl (C=O) groups excluding carboxylic acids is 2. The highest BCUT2D eigenvalue weighted by molar-refractivity contribution is 5.95. The number of aliphatic hydroxyl groups is 2. The summed E-state index contributed by atoms with van der Waals surface area (Å²) in [7, 11) is 0. The van der Waals surface area contributed by atoms with Crippen LogP contribution >= 0.6 is 0 Å². The first-order valence-corrected chi connectivity index (χ1v) is 4.80. The van der Waals surface area contributed by atoms with E-state index < -0.39 is 30.1 Å². The molecule has 0 aromatic rings. The molecule has 0 aliphatic heterocycles. The van der Waals surface area contributed by atoms with Crippen molar-refractivity contribution < 1.29 is 19.8 Å². The molecule has 3 atom stereocenters. The highest BCUT2D eigenvalue weighted by atomic mass is 16.3. The van der Waals surface area contributed by atoms with E-state index >= 15 is 0 Å². The molecule has 0 saturated heterocycles. The number of nitrogens with one attached hydrogen (secondary N) is 1. The first-order chi connectivity index (χ1) is 7.41. The Labute approximate surface area is 92.1 Å². The molecule has 90 valence electrons. The maximum atomic E-state index is 11.5. The predicted molar refractivity (Wildman–Crippen MR) is 54.9 cm³/mol. The zero-order chi connectivity index (χ0) is 12.3. The number of rotatable bonds is 3. The van der Waals surface area contributed by atoms with Crippen LogP contribution in [0.2, 0.25) is 0 Å². The van der Waals surface area contributed by atoms with Crippen LogP contribution in [0, 0.1) is 0 Å². The second-order valence-electron chi connectivity index (χ2n) is 3.68. The molecule has 0 spiro atoms. The minimum Gasteiger partial charge on any atom is -0.390 e. The summed E-state index contributed by atoms with van der Waals surface area (Å²) < 4.78 is 0. The Hall–Kier alpha value is -1.44. The summed E-state index contributed by atoms with van der Waals surface area (Å²) in [5, 5.41) is 21.0. The van der Waals surface area contributed by atoms with E-state index in [0.717, 1.165) is 0 Å². The Morgan fingerprint density at radius 1 is 1.50 bits per heavy atom. The molecule has 0 saturated carbocycles. The molecule has 1 rings (SSSR count). The molecule has 0 bridgehead atoms. The van der Waals surface area contributed by atoms with Gasteiger partial charge in [0, 0.05) is 12.0 Å². The second kappa shape index (κ2) is 5.06. The minimum atomic E-state index is -1.08. The van der Waals surface area contributed by atoms with Gasteiger partial charge in [0.15, 0.2) is 0 Å². The number of nitrogens with two attached hydrogens (primary N) is 2. The van der Waals surface area contributed by atoms with Gasteiger partial charge >= 0.3 is 0 Å². The summed E-state index contributed by atoms with van der Waals surface area (Å²) in [5.74, 6) is -1.17. The smallest absolute Gasteiger partial charge is 0.247 e. The van der Waals surface area contributed by atoms with Crippen LogP contribution in [0.5, 0.6) is 0 Å². The zero-order valence-electron chi connectivity index (χ0n) is 8.59. The fourth-order valence-corrected chi connectivity index (χ4v) is 1.45. The van der Waals surface area contributed by atoms with Gasteiger partial charge < -0.3 is 27.0 Å². The number of amides is 2. The average molecular weight is 229 g/mol. The number of aliphatic hydroxyl groups excluding tert-OH is 2. The summed E-state index contributed by atoms with van der Waals surface area (Å²) in [6.45, 7) is -0.274. The molecule has 0 radical (unpaired) electrons. The lowest BCUT2D eigenvalue weighted by Gasteiger charge is -2.27.